The van der Waals surface area contributed by atoms with Crippen LogP contribution >= 0.6 is 0 Å². The van der Waals surface area contributed by atoms with E-state index in [0.717, 1.165) is 32.4 Å². The molecule has 2 fully saturated rings. The second-order valence-electron chi connectivity index (χ2n) is 6.11. The molecule has 104 valence electrons. The third kappa shape index (κ3) is 2.28. The maximum atomic E-state index is 12.4. The Morgan fingerprint density at radius 2 is 2.22 bits per heavy atom. The van der Waals surface area contributed by atoms with Gasteiger partial charge in [-0.05, 0) is 32.7 Å². The summed E-state index contributed by atoms with van der Waals surface area (Å²) in [6.45, 7) is 8.16. The molecule has 2 aliphatic rings. The van der Waals surface area contributed by atoms with Crippen LogP contribution in [0.4, 0.5) is 0 Å². The Morgan fingerprint density at radius 3 is 2.72 bits per heavy atom. The van der Waals surface area contributed by atoms with Crippen molar-refractivity contribution in [1.29, 1.82) is 0 Å². The Bertz CT molecular complexity index is 311. The highest BCUT2D eigenvalue weighted by Gasteiger charge is 2.52. The maximum Gasteiger partial charge on any atom is 0.239 e. The van der Waals surface area contributed by atoms with Crippen molar-refractivity contribution in [3.8, 4) is 0 Å². The molecular formula is C14H26N2O2. The fourth-order valence-electron chi connectivity index (χ4n) is 3.30. The van der Waals surface area contributed by atoms with Gasteiger partial charge in [-0.25, -0.2) is 0 Å². The predicted molar refractivity (Wildman–Crippen MR) is 71.4 cm³/mol. The lowest BCUT2D eigenvalue weighted by atomic mass is 9.63. The van der Waals surface area contributed by atoms with E-state index in [1.54, 1.807) is 0 Å². The van der Waals surface area contributed by atoms with Gasteiger partial charge in [-0.15, -0.1) is 0 Å². The summed E-state index contributed by atoms with van der Waals surface area (Å²) in [6.07, 6.45) is 3.35. The van der Waals surface area contributed by atoms with Crippen LogP contribution in [0.5, 0.6) is 0 Å². The maximum absolute atomic E-state index is 12.4. The molecule has 1 heterocycles. The first-order valence-electron chi connectivity index (χ1n) is 7.10. The van der Waals surface area contributed by atoms with Gasteiger partial charge >= 0.3 is 0 Å². The summed E-state index contributed by atoms with van der Waals surface area (Å²) in [4.78, 5) is 14.3. The average molecular weight is 254 g/mol. The second kappa shape index (κ2) is 5.17. The second-order valence-corrected chi connectivity index (χ2v) is 6.11. The van der Waals surface area contributed by atoms with E-state index >= 15 is 0 Å². The van der Waals surface area contributed by atoms with Crippen LogP contribution in [0.3, 0.4) is 0 Å². The number of nitrogens with one attached hydrogen (secondary N) is 1. The number of rotatable bonds is 4. The van der Waals surface area contributed by atoms with E-state index in [2.05, 4.69) is 19.2 Å². The molecule has 0 spiro atoms. The van der Waals surface area contributed by atoms with E-state index in [1.807, 2.05) is 18.9 Å². The van der Waals surface area contributed by atoms with Crippen molar-refractivity contribution in [2.45, 2.75) is 58.2 Å². The Balaban J connectivity index is 1.94. The lowest BCUT2D eigenvalue weighted by Crippen LogP contribution is -2.63. The summed E-state index contributed by atoms with van der Waals surface area (Å²) >= 11 is 0. The summed E-state index contributed by atoms with van der Waals surface area (Å²) in [5.41, 5.74) is 0.0685. The van der Waals surface area contributed by atoms with Crippen molar-refractivity contribution in [2.75, 3.05) is 20.2 Å². The minimum atomic E-state index is 0.0388. The van der Waals surface area contributed by atoms with Crippen LogP contribution in [-0.4, -0.2) is 49.2 Å². The van der Waals surface area contributed by atoms with Gasteiger partial charge in [0.15, 0.2) is 0 Å². The van der Waals surface area contributed by atoms with Crippen LogP contribution < -0.4 is 5.32 Å². The molecule has 4 heteroatoms. The minimum absolute atomic E-state index is 0.0388. The molecule has 3 atom stereocenters. The number of ether oxygens (including phenoxy) is 1. The van der Waals surface area contributed by atoms with Gasteiger partial charge in [0.2, 0.25) is 5.91 Å². The third-order valence-corrected chi connectivity index (χ3v) is 4.67. The molecule has 1 N–H and O–H groups in total. The molecule has 1 saturated heterocycles. The number of hydrogen-bond acceptors (Lipinski definition) is 3. The van der Waals surface area contributed by atoms with Gasteiger partial charge in [-0.1, -0.05) is 13.8 Å². The molecule has 1 amide bonds. The van der Waals surface area contributed by atoms with Crippen LogP contribution in [0.15, 0.2) is 0 Å². The number of carbonyl (C=O) groups excluding carboxylic acids is 1. The molecular weight excluding hydrogens is 228 g/mol. The van der Waals surface area contributed by atoms with Gasteiger partial charge in [-0.3, -0.25) is 4.79 Å². The highest BCUT2D eigenvalue weighted by molar-refractivity contribution is 5.82. The Hall–Kier alpha value is -0.610. The SMILES string of the molecule is CCOC1CC(N(C)C(=O)[C@@H]2CCCN2)C1(C)C. The molecule has 0 aromatic carbocycles. The number of likely N-dealkylation sites (N-methyl/N-ethyl adjacent to an activating group) is 1. The van der Waals surface area contributed by atoms with E-state index in [4.69, 9.17) is 4.74 Å². The first-order chi connectivity index (χ1) is 8.48. The summed E-state index contributed by atoms with van der Waals surface area (Å²) in [7, 11) is 1.94. The summed E-state index contributed by atoms with van der Waals surface area (Å²) in [6, 6.07) is 0.348. The van der Waals surface area contributed by atoms with Gasteiger partial charge in [0, 0.05) is 25.1 Å². The van der Waals surface area contributed by atoms with E-state index in [0.29, 0.717) is 12.1 Å². The highest BCUT2D eigenvalue weighted by atomic mass is 16.5. The van der Waals surface area contributed by atoms with Crippen LogP contribution in [0.25, 0.3) is 0 Å². The third-order valence-electron chi connectivity index (χ3n) is 4.67. The smallest absolute Gasteiger partial charge is 0.239 e. The fraction of sp³-hybridized carbons (Fsp3) is 0.929. The fourth-order valence-corrected chi connectivity index (χ4v) is 3.30. The van der Waals surface area contributed by atoms with Crippen molar-refractivity contribution in [3.05, 3.63) is 0 Å². The van der Waals surface area contributed by atoms with Crippen molar-refractivity contribution in [2.24, 2.45) is 5.41 Å². The van der Waals surface area contributed by atoms with Crippen LogP contribution in [-0.2, 0) is 9.53 Å². The summed E-state index contributed by atoms with van der Waals surface area (Å²) in [5.74, 6) is 0.250. The molecule has 2 rings (SSSR count). The lowest BCUT2D eigenvalue weighted by molar-refractivity contribution is -0.164. The molecule has 18 heavy (non-hydrogen) atoms. The molecule has 0 aromatic heterocycles. The predicted octanol–water partition coefficient (Wildman–Crippen LogP) is 1.40. The molecule has 4 nitrogen and oxygen atoms in total. The zero-order chi connectivity index (χ0) is 13.3. The molecule has 1 saturated carbocycles. The Labute approximate surface area is 110 Å². The molecule has 0 radical (unpaired) electrons. The van der Waals surface area contributed by atoms with Gasteiger partial charge in [-0.2, -0.15) is 0 Å². The zero-order valence-electron chi connectivity index (χ0n) is 12.0. The van der Waals surface area contributed by atoms with Gasteiger partial charge in [0.05, 0.1) is 12.1 Å². The first kappa shape index (κ1) is 13.8. The van der Waals surface area contributed by atoms with E-state index in [9.17, 15) is 4.79 Å². The number of nitrogens with zero attached hydrogens (tertiary/aromatic N) is 1. The van der Waals surface area contributed by atoms with Crippen molar-refractivity contribution in [1.82, 2.24) is 10.2 Å². The quantitative estimate of drug-likeness (QED) is 0.824. The summed E-state index contributed by atoms with van der Waals surface area (Å²) in [5, 5.41) is 3.28. The molecule has 2 unspecified atom stereocenters. The zero-order valence-corrected chi connectivity index (χ0v) is 12.0. The van der Waals surface area contributed by atoms with Crippen molar-refractivity contribution in [3.63, 3.8) is 0 Å². The monoisotopic (exact) mass is 254 g/mol. The van der Waals surface area contributed by atoms with Crippen molar-refractivity contribution < 1.29 is 9.53 Å². The van der Waals surface area contributed by atoms with Crippen LogP contribution in [0.1, 0.15) is 40.0 Å². The van der Waals surface area contributed by atoms with Gasteiger partial charge in [0.1, 0.15) is 0 Å². The topological polar surface area (TPSA) is 41.6 Å². The number of hydrogen-bond donors (Lipinski definition) is 1. The standard InChI is InChI=1S/C14H26N2O2/c1-5-18-12-9-11(14(12,2)3)16(4)13(17)10-7-6-8-15-10/h10-12,15H,5-9H2,1-4H3/t10-,11?,12?/m0/s1. The molecule has 1 aliphatic carbocycles. The molecule has 0 bridgehead atoms. The Morgan fingerprint density at radius 1 is 1.50 bits per heavy atom. The van der Waals surface area contributed by atoms with Crippen LogP contribution in [0, 0.1) is 5.41 Å². The summed E-state index contributed by atoms with van der Waals surface area (Å²) < 4.78 is 5.73. The van der Waals surface area contributed by atoms with Gasteiger partial charge in [0.25, 0.3) is 0 Å². The van der Waals surface area contributed by atoms with E-state index < -0.39 is 0 Å². The van der Waals surface area contributed by atoms with Crippen molar-refractivity contribution >= 4 is 5.91 Å². The highest BCUT2D eigenvalue weighted by Crippen LogP contribution is 2.45. The number of carbonyl (C=O) groups is 1. The van der Waals surface area contributed by atoms with Gasteiger partial charge < -0.3 is 15.0 Å². The van der Waals surface area contributed by atoms with Crippen LogP contribution in [0.2, 0.25) is 0 Å². The average Bonchev–Trinajstić information content (AvgIpc) is 2.86. The lowest BCUT2D eigenvalue weighted by Gasteiger charge is -2.55. The largest absolute Gasteiger partial charge is 0.378 e. The normalized spacial score (nSPS) is 34.1. The molecule has 1 aliphatic heterocycles. The van der Waals surface area contributed by atoms with E-state index in [-0.39, 0.29) is 17.4 Å². The Kier molecular flexibility index (Phi) is 3.97. The minimum Gasteiger partial charge on any atom is -0.378 e. The first-order valence-corrected chi connectivity index (χ1v) is 7.10. The van der Waals surface area contributed by atoms with E-state index in [1.165, 1.54) is 0 Å². The molecule has 0 aromatic rings. The number of amides is 1.